The maximum atomic E-state index is 3.89. The molecule has 0 saturated heterocycles. The van der Waals surface area contributed by atoms with Crippen LogP contribution in [0.5, 0.6) is 0 Å². The summed E-state index contributed by atoms with van der Waals surface area (Å²) >= 11 is 0. The zero-order valence-electron chi connectivity index (χ0n) is 5.75. The third-order valence-electron chi connectivity index (χ3n) is 2.09. The first-order chi connectivity index (χ1) is 4.95. The van der Waals surface area contributed by atoms with Crippen molar-refractivity contribution in [1.82, 2.24) is 20.6 Å². The number of aromatic amines is 1. The van der Waals surface area contributed by atoms with Crippen molar-refractivity contribution in [3.63, 3.8) is 0 Å². The van der Waals surface area contributed by atoms with E-state index in [1.54, 1.807) is 0 Å². The fraction of sp³-hybridized carbons (Fsp3) is 0.833. The van der Waals surface area contributed by atoms with Crippen LogP contribution in [0.2, 0.25) is 0 Å². The zero-order chi connectivity index (χ0) is 6.81. The number of nitrogens with one attached hydrogen (secondary N) is 1. The predicted molar refractivity (Wildman–Crippen MR) is 35.2 cm³/mol. The second-order valence-electron chi connectivity index (χ2n) is 2.83. The van der Waals surface area contributed by atoms with Crippen LogP contribution in [0.3, 0.4) is 0 Å². The van der Waals surface area contributed by atoms with Crippen LogP contribution in [0.4, 0.5) is 0 Å². The zero-order valence-corrected chi connectivity index (χ0v) is 5.75. The SMILES string of the molecule is C1CC(Cc2nn[nH]n2)C1. The minimum atomic E-state index is 0.831. The van der Waals surface area contributed by atoms with Gasteiger partial charge in [0.1, 0.15) is 0 Å². The van der Waals surface area contributed by atoms with Crippen molar-refractivity contribution in [2.24, 2.45) is 5.92 Å². The molecule has 0 radical (unpaired) electrons. The standard InChI is InChI=1S/C6H10N4/c1-2-5(3-1)4-6-7-9-10-8-6/h5H,1-4H2,(H,7,8,9,10). The summed E-state index contributed by atoms with van der Waals surface area (Å²) in [6, 6.07) is 0. The van der Waals surface area contributed by atoms with E-state index in [9.17, 15) is 0 Å². The lowest BCUT2D eigenvalue weighted by Gasteiger charge is -2.23. The van der Waals surface area contributed by atoms with E-state index < -0.39 is 0 Å². The Labute approximate surface area is 59.0 Å². The molecule has 10 heavy (non-hydrogen) atoms. The number of hydrogen-bond donors (Lipinski definition) is 1. The Morgan fingerprint density at radius 3 is 2.90 bits per heavy atom. The lowest BCUT2D eigenvalue weighted by molar-refractivity contribution is 0.309. The van der Waals surface area contributed by atoms with E-state index in [4.69, 9.17) is 0 Å². The molecule has 0 amide bonds. The van der Waals surface area contributed by atoms with E-state index in [2.05, 4.69) is 20.6 Å². The Balaban J connectivity index is 1.90. The molecule has 1 aliphatic carbocycles. The highest BCUT2D eigenvalue weighted by molar-refractivity contribution is 4.83. The Kier molecular flexibility index (Phi) is 1.38. The Morgan fingerprint density at radius 2 is 2.40 bits per heavy atom. The average Bonchev–Trinajstić information content (AvgIpc) is 2.29. The molecule has 0 atom stereocenters. The number of nitrogens with zero attached hydrogens (tertiary/aromatic N) is 3. The predicted octanol–water partition coefficient (Wildman–Crippen LogP) is 0.542. The van der Waals surface area contributed by atoms with Gasteiger partial charge in [0.05, 0.1) is 0 Å². The van der Waals surface area contributed by atoms with E-state index in [1.807, 2.05) is 0 Å². The second-order valence-corrected chi connectivity index (χ2v) is 2.83. The molecule has 1 saturated carbocycles. The number of aromatic nitrogens is 4. The summed E-state index contributed by atoms with van der Waals surface area (Å²) in [5.74, 6) is 1.70. The van der Waals surface area contributed by atoms with Crippen LogP contribution in [0.1, 0.15) is 25.1 Å². The third kappa shape index (κ3) is 1.01. The molecule has 0 aromatic carbocycles. The summed E-state index contributed by atoms with van der Waals surface area (Å²) in [6.07, 6.45) is 5.07. The molecule has 54 valence electrons. The van der Waals surface area contributed by atoms with Crippen LogP contribution in [0.15, 0.2) is 0 Å². The number of tetrazole rings is 1. The fourth-order valence-corrected chi connectivity index (χ4v) is 1.22. The van der Waals surface area contributed by atoms with E-state index in [0.717, 1.165) is 18.2 Å². The first kappa shape index (κ1) is 5.82. The molecule has 0 unspecified atom stereocenters. The highest BCUT2D eigenvalue weighted by Crippen LogP contribution is 2.28. The third-order valence-corrected chi connectivity index (χ3v) is 2.09. The topological polar surface area (TPSA) is 54.5 Å². The van der Waals surface area contributed by atoms with Gasteiger partial charge in [0.15, 0.2) is 5.82 Å². The maximum Gasteiger partial charge on any atom is 0.174 e. The van der Waals surface area contributed by atoms with E-state index >= 15 is 0 Å². The molecule has 0 bridgehead atoms. The summed E-state index contributed by atoms with van der Waals surface area (Å²) in [5.41, 5.74) is 0. The smallest absolute Gasteiger partial charge is 0.174 e. The summed E-state index contributed by atoms with van der Waals surface area (Å²) in [5, 5.41) is 13.7. The maximum absolute atomic E-state index is 3.89. The first-order valence-electron chi connectivity index (χ1n) is 3.67. The minimum Gasteiger partial charge on any atom is -0.177 e. The molecule has 4 nitrogen and oxygen atoms in total. The quantitative estimate of drug-likeness (QED) is 0.649. The summed E-state index contributed by atoms with van der Waals surface area (Å²) < 4.78 is 0. The Hall–Kier alpha value is -0.930. The van der Waals surface area contributed by atoms with E-state index in [-0.39, 0.29) is 0 Å². The second kappa shape index (κ2) is 2.36. The van der Waals surface area contributed by atoms with Gasteiger partial charge in [0, 0.05) is 6.42 Å². The van der Waals surface area contributed by atoms with Gasteiger partial charge >= 0.3 is 0 Å². The van der Waals surface area contributed by atoms with Gasteiger partial charge in [-0.15, -0.1) is 10.2 Å². The van der Waals surface area contributed by atoms with E-state index in [1.165, 1.54) is 19.3 Å². The van der Waals surface area contributed by atoms with Gasteiger partial charge in [0.25, 0.3) is 0 Å². The average molecular weight is 138 g/mol. The van der Waals surface area contributed by atoms with Crippen LogP contribution in [-0.4, -0.2) is 20.6 Å². The van der Waals surface area contributed by atoms with Gasteiger partial charge in [-0.25, -0.2) is 0 Å². The van der Waals surface area contributed by atoms with Gasteiger partial charge in [-0.2, -0.15) is 5.21 Å². The van der Waals surface area contributed by atoms with Crippen molar-refractivity contribution >= 4 is 0 Å². The lowest BCUT2D eigenvalue weighted by Crippen LogP contribution is -2.14. The molecule has 1 heterocycles. The fourth-order valence-electron chi connectivity index (χ4n) is 1.22. The molecular formula is C6H10N4. The summed E-state index contributed by atoms with van der Waals surface area (Å²) in [7, 11) is 0. The molecule has 1 aromatic rings. The lowest BCUT2D eigenvalue weighted by atomic mass is 9.83. The van der Waals surface area contributed by atoms with Crippen LogP contribution < -0.4 is 0 Å². The van der Waals surface area contributed by atoms with Gasteiger partial charge in [0.2, 0.25) is 0 Å². The molecule has 0 spiro atoms. The Bertz CT molecular complexity index is 190. The Morgan fingerprint density at radius 1 is 1.50 bits per heavy atom. The minimum absolute atomic E-state index is 0.831. The van der Waals surface area contributed by atoms with Gasteiger partial charge in [-0.05, 0) is 5.92 Å². The van der Waals surface area contributed by atoms with Crippen LogP contribution in [0.25, 0.3) is 0 Å². The number of H-pyrrole nitrogens is 1. The van der Waals surface area contributed by atoms with Gasteiger partial charge < -0.3 is 0 Å². The van der Waals surface area contributed by atoms with Crippen LogP contribution in [-0.2, 0) is 6.42 Å². The monoisotopic (exact) mass is 138 g/mol. The molecule has 1 aromatic heterocycles. The van der Waals surface area contributed by atoms with Crippen LogP contribution in [0, 0.1) is 5.92 Å². The summed E-state index contributed by atoms with van der Waals surface area (Å²) in [6.45, 7) is 0. The highest BCUT2D eigenvalue weighted by atomic mass is 15.5. The first-order valence-corrected chi connectivity index (χ1v) is 3.67. The van der Waals surface area contributed by atoms with Crippen molar-refractivity contribution < 1.29 is 0 Å². The van der Waals surface area contributed by atoms with Crippen molar-refractivity contribution in [2.45, 2.75) is 25.7 Å². The molecule has 4 heteroatoms. The van der Waals surface area contributed by atoms with Crippen molar-refractivity contribution in [2.75, 3.05) is 0 Å². The van der Waals surface area contributed by atoms with Gasteiger partial charge in [-0.1, -0.05) is 24.5 Å². The van der Waals surface area contributed by atoms with Crippen molar-refractivity contribution in [3.05, 3.63) is 5.82 Å². The highest BCUT2D eigenvalue weighted by Gasteiger charge is 2.19. The molecule has 1 aliphatic rings. The summed E-state index contributed by atoms with van der Waals surface area (Å²) in [4.78, 5) is 0. The number of hydrogen-bond acceptors (Lipinski definition) is 3. The molecule has 0 aliphatic heterocycles. The molecule has 1 fully saturated rings. The van der Waals surface area contributed by atoms with E-state index in [0.29, 0.717) is 0 Å². The number of rotatable bonds is 2. The normalized spacial score (nSPS) is 18.8. The largest absolute Gasteiger partial charge is 0.177 e. The van der Waals surface area contributed by atoms with Gasteiger partial charge in [-0.3, -0.25) is 0 Å². The molecule has 1 N–H and O–H groups in total. The molecular weight excluding hydrogens is 128 g/mol. The van der Waals surface area contributed by atoms with Crippen molar-refractivity contribution in [3.8, 4) is 0 Å². The van der Waals surface area contributed by atoms with Crippen LogP contribution >= 0.6 is 0 Å². The van der Waals surface area contributed by atoms with Crippen molar-refractivity contribution in [1.29, 1.82) is 0 Å². The molecule has 2 rings (SSSR count).